The summed E-state index contributed by atoms with van der Waals surface area (Å²) in [6.45, 7) is 0. The lowest BCUT2D eigenvalue weighted by Gasteiger charge is -2.28. The first-order chi connectivity index (χ1) is 8.22. The first kappa shape index (κ1) is 13.2. The predicted octanol–water partition coefficient (Wildman–Crippen LogP) is 3.09. The van der Waals surface area contributed by atoms with Gasteiger partial charge in [0.25, 0.3) is 0 Å². The van der Waals surface area contributed by atoms with Crippen molar-refractivity contribution in [3.8, 4) is 0 Å². The maximum absolute atomic E-state index is 12.5. The Bertz CT molecular complexity index is 410. The fraction of sp³-hybridized carbons (Fsp3) is 0.538. The van der Waals surface area contributed by atoms with Gasteiger partial charge in [0.1, 0.15) is 0 Å². The molecule has 0 spiro atoms. The summed E-state index contributed by atoms with van der Waals surface area (Å²) in [6, 6.07) is 8.37. The Morgan fingerprint density at radius 3 is 2.82 bits per heavy atom. The largest absolute Gasteiger partial charge is 0.317 e. The van der Waals surface area contributed by atoms with E-state index in [1.165, 1.54) is 12.8 Å². The van der Waals surface area contributed by atoms with Crippen LogP contribution in [0.25, 0.3) is 0 Å². The van der Waals surface area contributed by atoms with Gasteiger partial charge in [-0.15, -0.1) is 0 Å². The highest BCUT2D eigenvalue weighted by Crippen LogP contribution is 2.29. The molecule has 0 saturated heterocycles. The smallest absolute Gasteiger partial charge is 0.0572 e. The minimum absolute atomic E-state index is 0.292. The molecule has 1 aromatic carbocycles. The van der Waals surface area contributed by atoms with Gasteiger partial charge in [-0.2, -0.15) is 0 Å². The molecule has 17 heavy (non-hydrogen) atoms. The number of halogens is 1. The Labute approximate surface area is 114 Å². The molecule has 1 saturated carbocycles. The van der Waals surface area contributed by atoms with E-state index in [1.807, 2.05) is 31.3 Å². The van der Waals surface area contributed by atoms with E-state index in [9.17, 15) is 4.21 Å². The van der Waals surface area contributed by atoms with Crippen molar-refractivity contribution >= 4 is 26.7 Å². The second-order valence-electron chi connectivity index (χ2n) is 4.50. The first-order valence-corrected chi connectivity index (χ1v) is 8.05. The average Bonchev–Trinajstić information content (AvgIpc) is 2.38. The van der Waals surface area contributed by atoms with E-state index in [0.717, 1.165) is 22.2 Å². The second-order valence-corrected chi connectivity index (χ2v) is 7.06. The summed E-state index contributed by atoms with van der Waals surface area (Å²) in [5.74, 6) is 0. The zero-order valence-corrected chi connectivity index (χ0v) is 12.4. The highest BCUT2D eigenvalue weighted by atomic mass is 79.9. The van der Waals surface area contributed by atoms with E-state index < -0.39 is 10.8 Å². The quantitative estimate of drug-likeness (QED) is 0.928. The normalized spacial score (nSPS) is 26.7. The van der Waals surface area contributed by atoms with E-state index in [1.54, 1.807) is 0 Å². The Morgan fingerprint density at radius 1 is 1.35 bits per heavy atom. The molecular weight excluding hydrogens is 298 g/mol. The third-order valence-corrected chi connectivity index (χ3v) is 6.17. The molecule has 0 aromatic heterocycles. The second kappa shape index (κ2) is 6.12. The fourth-order valence-corrected chi connectivity index (χ4v) is 4.77. The predicted molar refractivity (Wildman–Crippen MR) is 75.7 cm³/mol. The van der Waals surface area contributed by atoms with Crippen LogP contribution in [0.5, 0.6) is 0 Å². The molecule has 3 unspecified atom stereocenters. The Hall–Kier alpha value is -0.190. The topological polar surface area (TPSA) is 29.1 Å². The molecule has 1 aliphatic rings. The molecule has 3 atom stereocenters. The van der Waals surface area contributed by atoms with E-state index in [-0.39, 0.29) is 0 Å². The summed E-state index contributed by atoms with van der Waals surface area (Å²) in [4.78, 5) is 0.939. The van der Waals surface area contributed by atoms with E-state index >= 15 is 0 Å². The molecule has 0 bridgehead atoms. The van der Waals surface area contributed by atoms with Crippen LogP contribution in [0.1, 0.15) is 25.7 Å². The Kier molecular flexibility index (Phi) is 4.77. The van der Waals surface area contributed by atoms with Crippen molar-refractivity contribution in [1.29, 1.82) is 0 Å². The summed E-state index contributed by atoms with van der Waals surface area (Å²) in [5, 5.41) is 3.60. The van der Waals surface area contributed by atoms with Gasteiger partial charge >= 0.3 is 0 Å². The van der Waals surface area contributed by atoms with Crippen molar-refractivity contribution in [2.24, 2.45) is 0 Å². The SMILES string of the molecule is CNC1CCCC(S(=O)c2ccccc2Br)C1. The molecule has 0 aliphatic heterocycles. The zero-order chi connectivity index (χ0) is 12.3. The Balaban J connectivity index is 2.12. The van der Waals surface area contributed by atoms with Crippen LogP contribution in [0.15, 0.2) is 33.6 Å². The van der Waals surface area contributed by atoms with E-state index in [2.05, 4.69) is 21.2 Å². The number of rotatable bonds is 3. The molecule has 1 aromatic rings. The molecule has 0 radical (unpaired) electrons. The summed E-state index contributed by atoms with van der Waals surface area (Å²) in [6.07, 6.45) is 4.48. The van der Waals surface area contributed by atoms with Crippen LogP contribution in [0.4, 0.5) is 0 Å². The molecule has 1 aliphatic carbocycles. The highest BCUT2D eigenvalue weighted by molar-refractivity contribution is 9.10. The van der Waals surface area contributed by atoms with Crippen LogP contribution in [-0.2, 0) is 10.8 Å². The van der Waals surface area contributed by atoms with Gasteiger partial charge in [0, 0.05) is 15.8 Å². The maximum atomic E-state index is 12.5. The van der Waals surface area contributed by atoms with Crippen molar-refractivity contribution in [1.82, 2.24) is 5.32 Å². The summed E-state index contributed by atoms with van der Waals surface area (Å²) < 4.78 is 13.5. The first-order valence-electron chi connectivity index (χ1n) is 6.04. The van der Waals surface area contributed by atoms with Gasteiger partial charge in [0.2, 0.25) is 0 Å². The van der Waals surface area contributed by atoms with Gasteiger partial charge in [0.15, 0.2) is 0 Å². The molecule has 2 nitrogen and oxygen atoms in total. The van der Waals surface area contributed by atoms with Crippen LogP contribution in [0.3, 0.4) is 0 Å². The van der Waals surface area contributed by atoms with Crippen LogP contribution in [0, 0.1) is 0 Å². The van der Waals surface area contributed by atoms with Crippen LogP contribution >= 0.6 is 15.9 Å². The average molecular weight is 316 g/mol. The molecule has 1 N–H and O–H groups in total. The van der Waals surface area contributed by atoms with Crippen molar-refractivity contribution in [3.05, 3.63) is 28.7 Å². The summed E-state index contributed by atoms with van der Waals surface area (Å²) in [5.41, 5.74) is 0. The van der Waals surface area contributed by atoms with Crippen molar-refractivity contribution in [3.63, 3.8) is 0 Å². The van der Waals surface area contributed by atoms with Crippen molar-refractivity contribution in [2.75, 3.05) is 7.05 Å². The van der Waals surface area contributed by atoms with Crippen molar-refractivity contribution in [2.45, 2.75) is 41.9 Å². The highest BCUT2D eigenvalue weighted by Gasteiger charge is 2.26. The molecule has 94 valence electrons. The van der Waals surface area contributed by atoms with Gasteiger partial charge in [-0.25, -0.2) is 0 Å². The van der Waals surface area contributed by atoms with Gasteiger partial charge in [-0.3, -0.25) is 4.21 Å². The lowest BCUT2D eigenvalue weighted by atomic mass is 9.95. The fourth-order valence-electron chi connectivity index (χ4n) is 2.39. The van der Waals surface area contributed by atoms with E-state index in [4.69, 9.17) is 0 Å². The van der Waals surface area contributed by atoms with Gasteiger partial charge in [0.05, 0.1) is 15.7 Å². The number of hydrogen-bond acceptors (Lipinski definition) is 2. The maximum Gasteiger partial charge on any atom is 0.0572 e. The molecule has 1 fully saturated rings. The third-order valence-electron chi connectivity index (χ3n) is 3.39. The summed E-state index contributed by atoms with van der Waals surface area (Å²) in [7, 11) is 1.10. The Morgan fingerprint density at radius 2 is 2.12 bits per heavy atom. The minimum Gasteiger partial charge on any atom is -0.317 e. The van der Waals surface area contributed by atoms with Gasteiger partial charge in [-0.05, 0) is 54.4 Å². The zero-order valence-electron chi connectivity index (χ0n) is 9.99. The van der Waals surface area contributed by atoms with Crippen molar-refractivity contribution < 1.29 is 4.21 Å². The van der Waals surface area contributed by atoms with Gasteiger partial charge < -0.3 is 5.32 Å². The molecule has 2 rings (SSSR count). The van der Waals surface area contributed by atoms with E-state index in [0.29, 0.717) is 11.3 Å². The van der Waals surface area contributed by atoms with Crippen LogP contribution in [0.2, 0.25) is 0 Å². The molecular formula is C13H18BrNOS. The number of nitrogens with one attached hydrogen (secondary N) is 1. The number of hydrogen-bond donors (Lipinski definition) is 1. The monoisotopic (exact) mass is 315 g/mol. The van der Waals surface area contributed by atoms with Crippen LogP contribution < -0.4 is 5.32 Å². The lowest BCUT2D eigenvalue weighted by Crippen LogP contribution is -2.35. The molecule has 4 heteroatoms. The molecule has 0 heterocycles. The van der Waals surface area contributed by atoms with Gasteiger partial charge in [-0.1, -0.05) is 18.6 Å². The third kappa shape index (κ3) is 3.18. The van der Waals surface area contributed by atoms with Crippen LogP contribution in [-0.4, -0.2) is 22.5 Å². The summed E-state index contributed by atoms with van der Waals surface area (Å²) >= 11 is 3.49. The number of benzene rings is 1. The minimum atomic E-state index is -0.891. The standard InChI is InChI=1S/C13H18BrNOS/c1-15-10-5-4-6-11(9-10)17(16)13-8-3-2-7-12(13)14/h2-3,7-8,10-11,15H,4-6,9H2,1H3. The lowest BCUT2D eigenvalue weighted by molar-refractivity contribution is 0.398. The molecule has 0 amide bonds.